The highest BCUT2D eigenvalue weighted by molar-refractivity contribution is 5.98. The van der Waals surface area contributed by atoms with E-state index >= 15 is 0 Å². The van der Waals surface area contributed by atoms with Gasteiger partial charge in [0.2, 0.25) is 5.91 Å². The number of rotatable bonds is 4. The first-order valence-corrected chi connectivity index (χ1v) is 9.00. The van der Waals surface area contributed by atoms with Crippen molar-refractivity contribution in [3.05, 3.63) is 35.4 Å². The molecule has 5 nitrogen and oxygen atoms in total. The maximum absolute atomic E-state index is 12.3. The lowest BCUT2D eigenvalue weighted by molar-refractivity contribution is -0.128. The topological polar surface area (TPSA) is 52.7 Å². The van der Waals surface area contributed by atoms with Crippen LogP contribution in [0.3, 0.4) is 0 Å². The highest BCUT2D eigenvalue weighted by atomic mass is 16.2. The normalized spacial score (nSPS) is 22.5. The van der Waals surface area contributed by atoms with Gasteiger partial charge in [-0.3, -0.25) is 14.5 Å². The van der Waals surface area contributed by atoms with Crippen LogP contribution in [0.5, 0.6) is 0 Å². The summed E-state index contributed by atoms with van der Waals surface area (Å²) < 4.78 is 0. The lowest BCUT2D eigenvalue weighted by atomic mass is 10.1. The van der Waals surface area contributed by atoms with Crippen molar-refractivity contribution < 1.29 is 9.59 Å². The maximum Gasteiger partial charge on any atom is 0.251 e. The second-order valence-corrected chi connectivity index (χ2v) is 6.96. The van der Waals surface area contributed by atoms with E-state index in [-0.39, 0.29) is 17.9 Å². The van der Waals surface area contributed by atoms with Crippen molar-refractivity contribution in [2.45, 2.75) is 44.7 Å². The van der Waals surface area contributed by atoms with E-state index in [9.17, 15) is 9.59 Å². The van der Waals surface area contributed by atoms with Crippen LogP contribution in [0.25, 0.3) is 0 Å². The summed E-state index contributed by atoms with van der Waals surface area (Å²) in [7, 11) is 1.77. The lowest BCUT2D eigenvalue weighted by Gasteiger charge is -2.19. The number of carbonyl (C=O) groups excluding carboxylic acids is 2. The van der Waals surface area contributed by atoms with Crippen molar-refractivity contribution in [3.8, 4) is 0 Å². The molecule has 24 heavy (non-hydrogen) atoms. The van der Waals surface area contributed by atoms with Crippen LogP contribution in [0.15, 0.2) is 24.3 Å². The third-order valence-corrected chi connectivity index (χ3v) is 5.05. The van der Waals surface area contributed by atoms with E-state index in [1.165, 1.54) is 44.3 Å². The molecule has 1 atom stereocenters. The van der Waals surface area contributed by atoms with Gasteiger partial charge in [-0.25, -0.2) is 0 Å². The molecular weight excluding hydrogens is 302 g/mol. The molecule has 0 aliphatic carbocycles. The van der Waals surface area contributed by atoms with Gasteiger partial charge >= 0.3 is 0 Å². The number of likely N-dealkylation sites (N-methyl/N-ethyl adjacent to an activating group) is 1. The summed E-state index contributed by atoms with van der Waals surface area (Å²) in [5.41, 5.74) is 1.86. The SMILES string of the molecule is CN1CCC(NC(=O)c2ccc(CN3CCCCCC3)cc2)C1=O. The van der Waals surface area contributed by atoms with E-state index < -0.39 is 0 Å². The quantitative estimate of drug-likeness (QED) is 0.919. The van der Waals surface area contributed by atoms with Gasteiger partial charge in [-0.1, -0.05) is 25.0 Å². The monoisotopic (exact) mass is 329 g/mol. The first-order chi connectivity index (χ1) is 11.6. The third-order valence-electron chi connectivity index (χ3n) is 5.05. The molecule has 0 spiro atoms. The molecule has 5 heteroatoms. The molecule has 0 saturated carbocycles. The Morgan fingerprint density at radius 2 is 1.75 bits per heavy atom. The van der Waals surface area contributed by atoms with Crippen LogP contribution in [-0.4, -0.2) is 54.3 Å². The third kappa shape index (κ3) is 4.15. The van der Waals surface area contributed by atoms with Crippen molar-refractivity contribution in [2.24, 2.45) is 0 Å². The number of carbonyl (C=O) groups is 2. The first kappa shape index (κ1) is 17.0. The largest absolute Gasteiger partial charge is 0.344 e. The highest BCUT2D eigenvalue weighted by Gasteiger charge is 2.30. The number of nitrogens with one attached hydrogen (secondary N) is 1. The molecule has 0 radical (unpaired) electrons. The van der Waals surface area contributed by atoms with Gasteiger partial charge in [0.15, 0.2) is 0 Å². The molecule has 1 unspecified atom stereocenters. The molecular formula is C19H27N3O2. The van der Waals surface area contributed by atoms with Crippen molar-refractivity contribution in [1.82, 2.24) is 15.1 Å². The van der Waals surface area contributed by atoms with Gasteiger partial charge in [0.1, 0.15) is 6.04 Å². The Labute approximate surface area is 144 Å². The molecule has 2 amide bonds. The Morgan fingerprint density at radius 3 is 2.33 bits per heavy atom. The van der Waals surface area contributed by atoms with Gasteiger partial charge in [-0.05, 0) is 50.0 Å². The molecule has 2 aliphatic heterocycles. The van der Waals surface area contributed by atoms with E-state index in [4.69, 9.17) is 0 Å². The number of likely N-dealkylation sites (tertiary alicyclic amines) is 2. The number of hydrogen-bond acceptors (Lipinski definition) is 3. The predicted molar refractivity (Wildman–Crippen MR) is 93.7 cm³/mol. The van der Waals surface area contributed by atoms with Crippen LogP contribution in [0.1, 0.15) is 48.0 Å². The van der Waals surface area contributed by atoms with Crippen molar-refractivity contribution in [2.75, 3.05) is 26.7 Å². The van der Waals surface area contributed by atoms with Crippen molar-refractivity contribution >= 4 is 11.8 Å². The Balaban J connectivity index is 1.55. The van der Waals surface area contributed by atoms with Crippen molar-refractivity contribution in [1.29, 1.82) is 0 Å². The summed E-state index contributed by atoms with van der Waals surface area (Å²) in [6, 6.07) is 7.42. The average molecular weight is 329 g/mol. The standard InChI is InChI=1S/C19H27N3O2/c1-21-13-10-17(19(21)24)20-18(23)16-8-6-15(7-9-16)14-22-11-4-2-3-5-12-22/h6-9,17H,2-5,10-14H2,1H3,(H,20,23). The van der Waals surface area contributed by atoms with Crippen LogP contribution in [0.4, 0.5) is 0 Å². The summed E-state index contributed by atoms with van der Waals surface area (Å²) >= 11 is 0. The average Bonchev–Trinajstić information content (AvgIpc) is 2.80. The first-order valence-electron chi connectivity index (χ1n) is 9.00. The van der Waals surface area contributed by atoms with Gasteiger partial charge in [0.05, 0.1) is 0 Å². The Morgan fingerprint density at radius 1 is 1.08 bits per heavy atom. The molecule has 1 aromatic rings. The summed E-state index contributed by atoms with van der Waals surface area (Å²) in [5, 5.41) is 2.84. The molecule has 2 saturated heterocycles. The summed E-state index contributed by atoms with van der Waals surface area (Å²) in [6.07, 6.45) is 5.93. The summed E-state index contributed by atoms with van der Waals surface area (Å²) in [4.78, 5) is 28.3. The molecule has 0 aromatic heterocycles. The fourth-order valence-electron chi connectivity index (χ4n) is 3.51. The zero-order valence-electron chi connectivity index (χ0n) is 14.5. The second-order valence-electron chi connectivity index (χ2n) is 6.96. The Hall–Kier alpha value is -1.88. The predicted octanol–water partition coefficient (Wildman–Crippen LogP) is 2.02. The van der Waals surface area contributed by atoms with Crippen LogP contribution < -0.4 is 5.32 Å². The summed E-state index contributed by atoms with van der Waals surface area (Å²) in [6.45, 7) is 3.99. The van der Waals surface area contributed by atoms with E-state index in [0.717, 1.165) is 6.54 Å². The zero-order valence-corrected chi connectivity index (χ0v) is 14.5. The van der Waals surface area contributed by atoms with E-state index in [1.54, 1.807) is 11.9 Å². The molecule has 0 bridgehead atoms. The van der Waals surface area contributed by atoms with Crippen LogP contribution in [-0.2, 0) is 11.3 Å². The van der Waals surface area contributed by atoms with Crippen molar-refractivity contribution in [3.63, 3.8) is 0 Å². The molecule has 2 aliphatic rings. The van der Waals surface area contributed by atoms with Gasteiger partial charge in [-0.15, -0.1) is 0 Å². The van der Waals surface area contributed by atoms with Gasteiger partial charge in [-0.2, -0.15) is 0 Å². The molecule has 130 valence electrons. The molecule has 3 rings (SSSR count). The van der Waals surface area contributed by atoms with E-state index in [1.807, 2.05) is 24.3 Å². The second kappa shape index (κ2) is 7.79. The number of benzene rings is 1. The smallest absolute Gasteiger partial charge is 0.251 e. The minimum Gasteiger partial charge on any atom is -0.344 e. The van der Waals surface area contributed by atoms with E-state index in [2.05, 4.69) is 10.2 Å². The zero-order chi connectivity index (χ0) is 16.9. The minimum atomic E-state index is -0.376. The maximum atomic E-state index is 12.3. The molecule has 1 N–H and O–H groups in total. The van der Waals surface area contributed by atoms with Crippen LogP contribution in [0.2, 0.25) is 0 Å². The van der Waals surface area contributed by atoms with Gasteiger partial charge in [0.25, 0.3) is 5.91 Å². The number of amides is 2. The number of nitrogens with zero attached hydrogens (tertiary/aromatic N) is 2. The van der Waals surface area contributed by atoms with Gasteiger partial charge in [0, 0.05) is 25.7 Å². The molecule has 1 aromatic carbocycles. The van der Waals surface area contributed by atoms with E-state index in [0.29, 0.717) is 18.5 Å². The van der Waals surface area contributed by atoms with Gasteiger partial charge < -0.3 is 10.2 Å². The van der Waals surface area contributed by atoms with Crippen LogP contribution >= 0.6 is 0 Å². The lowest BCUT2D eigenvalue weighted by Crippen LogP contribution is -2.40. The number of hydrogen-bond donors (Lipinski definition) is 1. The Kier molecular flexibility index (Phi) is 5.51. The fraction of sp³-hybridized carbons (Fsp3) is 0.579. The fourth-order valence-corrected chi connectivity index (χ4v) is 3.51. The minimum absolute atomic E-state index is 0.00105. The molecule has 2 fully saturated rings. The Bertz CT molecular complexity index is 577. The molecule has 2 heterocycles. The highest BCUT2D eigenvalue weighted by Crippen LogP contribution is 2.14. The van der Waals surface area contributed by atoms with Crippen LogP contribution in [0, 0.1) is 0 Å². The summed E-state index contributed by atoms with van der Waals surface area (Å²) in [5.74, 6) is -0.161.